The number of carbonyl (C=O) groups is 1. The third kappa shape index (κ3) is 3.96. The van der Waals surface area contributed by atoms with Crippen LogP contribution in [0.5, 0.6) is 0 Å². The molecule has 3 rings (SSSR count). The second-order valence-corrected chi connectivity index (χ2v) is 6.85. The Labute approximate surface area is 150 Å². The van der Waals surface area contributed by atoms with E-state index in [1.807, 2.05) is 24.3 Å². The highest BCUT2D eigenvalue weighted by molar-refractivity contribution is 9.10. The number of halogens is 2. The zero-order valence-corrected chi connectivity index (χ0v) is 15.0. The van der Waals surface area contributed by atoms with Crippen LogP contribution in [0.2, 0.25) is 0 Å². The number of hydrogen-bond donors (Lipinski definition) is 1. The minimum Gasteiger partial charge on any atom is -0.370 e. The summed E-state index contributed by atoms with van der Waals surface area (Å²) in [4.78, 5) is 14.9. The summed E-state index contributed by atoms with van der Waals surface area (Å²) >= 11 is 3.26. The first-order valence-electron chi connectivity index (χ1n) is 8.25. The fraction of sp³-hybridized carbons (Fsp3) is 0.316. The van der Waals surface area contributed by atoms with Crippen LogP contribution >= 0.6 is 15.9 Å². The van der Waals surface area contributed by atoms with E-state index in [-0.39, 0.29) is 11.7 Å². The molecule has 126 valence electrons. The van der Waals surface area contributed by atoms with Gasteiger partial charge in [-0.2, -0.15) is 0 Å². The highest BCUT2D eigenvalue weighted by Gasteiger charge is 2.16. The molecule has 2 aromatic rings. The van der Waals surface area contributed by atoms with Crippen molar-refractivity contribution in [2.24, 2.45) is 0 Å². The molecule has 1 heterocycles. The maximum atomic E-state index is 13.2. The Morgan fingerprint density at radius 1 is 1.04 bits per heavy atom. The fourth-order valence-corrected chi connectivity index (χ4v) is 3.56. The molecule has 5 heteroatoms. The van der Waals surface area contributed by atoms with Gasteiger partial charge in [0.05, 0.1) is 16.9 Å². The first-order chi connectivity index (χ1) is 11.6. The maximum absolute atomic E-state index is 13.2. The molecule has 1 aliphatic rings. The predicted octanol–water partition coefficient (Wildman–Crippen LogP) is 5.22. The zero-order chi connectivity index (χ0) is 16.9. The van der Waals surface area contributed by atoms with E-state index in [2.05, 4.69) is 26.1 Å². The van der Waals surface area contributed by atoms with Crippen molar-refractivity contribution in [3.05, 3.63) is 58.3 Å². The molecule has 24 heavy (non-hydrogen) atoms. The summed E-state index contributed by atoms with van der Waals surface area (Å²) in [6.07, 6.45) is 4.86. The van der Waals surface area contributed by atoms with Gasteiger partial charge >= 0.3 is 0 Å². The van der Waals surface area contributed by atoms with Gasteiger partial charge in [0, 0.05) is 17.6 Å². The Bertz CT molecular complexity index is 727. The average molecular weight is 391 g/mol. The van der Waals surface area contributed by atoms with Crippen LogP contribution in [-0.4, -0.2) is 19.0 Å². The summed E-state index contributed by atoms with van der Waals surface area (Å²) in [7, 11) is 0. The molecule has 0 unspecified atom stereocenters. The largest absolute Gasteiger partial charge is 0.370 e. The van der Waals surface area contributed by atoms with Gasteiger partial charge in [-0.05, 0) is 59.1 Å². The Morgan fingerprint density at radius 3 is 2.46 bits per heavy atom. The van der Waals surface area contributed by atoms with Crippen molar-refractivity contribution >= 4 is 33.2 Å². The van der Waals surface area contributed by atoms with Crippen molar-refractivity contribution in [1.82, 2.24) is 0 Å². The van der Waals surface area contributed by atoms with Crippen LogP contribution in [0.15, 0.2) is 46.9 Å². The van der Waals surface area contributed by atoms with Crippen molar-refractivity contribution in [3.8, 4) is 0 Å². The van der Waals surface area contributed by atoms with E-state index in [0.717, 1.165) is 24.5 Å². The summed E-state index contributed by atoms with van der Waals surface area (Å²) in [6.45, 7) is 2.01. The Hall–Kier alpha value is -1.88. The van der Waals surface area contributed by atoms with Crippen LogP contribution in [0.1, 0.15) is 36.0 Å². The van der Waals surface area contributed by atoms with E-state index in [1.54, 1.807) is 0 Å². The molecule has 0 aromatic heterocycles. The first kappa shape index (κ1) is 17.0. The summed E-state index contributed by atoms with van der Waals surface area (Å²) < 4.78 is 13.7. The van der Waals surface area contributed by atoms with Crippen LogP contribution in [-0.2, 0) is 0 Å². The second kappa shape index (κ2) is 7.79. The van der Waals surface area contributed by atoms with Crippen LogP contribution in [0.25, 0.3) is 0 Å². The molecule has 0 radical (unpaired) electrons. The van der Waals surface area contributed by atoms with E-state index in [4.69, 9.17) is 0 Å². The van der Waals surface area contributed by atoms with Gasteiger partial charge < -0.3 is 10.2 Å². The van der Waals surface area contributed by atoms with Crippen LogP contribution in [0.4, 0.5) is 15.8 Å². The summed E-state index contributed by atoms with van der Waals surface area (Å²) in [5.41, 5.74) is 2.26. The van der Waals surface area contributed by atoms with Gasteiger partial charge in [-0.15, -0.1) is 0 Å². The standard InChI is InChI=1S/C19H20BrFN2O/c20-16-13-14(21)9-10-15(16)19(24)22-17-7-3-4-8-18(17)23-11-5-1-2-6-12-23/h3-4,7-10,13H,1-2,5-6,11-12H2,(H,22,24). The van der Waals surface area contributed by atoms with E-state index in [9.17, 15) is 9.18 Å². The quantitative estimate of drug-likeness (QED) is 0.778. The molecule has 0 spiro atoms. The van der Waals surface area contributed by atoms with Crippen molar-refractivity contribution in [2.75, 3.05) is 23.3 Å². The van der Waals surface area contributed by atoms with Crippen LogP contribution in [0.3, 0.4) is 0 Å². The van der Waals surface area contributed by atoms with Gasteiger partial charge in [0.2, 0.25) is 0 Å². The van der Waals surface area contributed by atoms with E-state index >= 15 is 0 Å². The third-order valence-corrected chi connectivity index (χ3v) is 4.93. The molecule has 0 saturated carbocycles. The lowest BCUT2D eigenvalue weighted by atomic mass is 10.2. The number of carbonyl (C=O) groups excluding carboxylic acids is 1. The zero-order valence-electron chi connectivity index (χ0n) is 13.4. The lowest BCUT2D eigenvalue weighted by Gasteiger charge is -2.25. The van der Waals surface area contributed by atoms with Crippen LogP contribution in [0, 0.1) is 5.82 Å². The lowest BCUT2D eigenvalue weighted by molar-refractivity contribution is 0.102. The highest BCUT2D eigenvalue weighted by atomic mass is 79.9. The normalized spacial score (nSPS) is 15.0. The van der Waals surface area contributed by atoms with Crippen molar-refractivity contribution in [3.63, 3.8) is 0 Å². The molecule has 1 aliphatic heterocycles. The van der Waals surface area contributed by atoms with Crippen LogP contribution < -0.4 is 10.2 Å². The number of anilines is 2. The Kier molecular flexibility index (Phi) is 5.51. The summed E-state index contributed by atoms with van der Waals surface area (Å²) in [5.74, 6) is -0.618. The molecule has 0 bridgehead atoms. The highest BCUT2D eigenvalue weighted by Crippen LogP contribution is 2.29. The van der Waals surface area contributed by atoms with Gasteiger partial charge in [-0.1, -0.05) is 25.0 Å². The van der Waals surface area contributed by atoms with Gasteiger partial charge in [-0.25, -0.2) is 4.39 Å². The molecule has 3 nitrogen and oxygen atoms in total. The molecule has 1 fully saturated rings. The number of nitrogens with one attached hydrogen (secondary N) is 1. The number of amides is 1. The van der Waals surface area contributed by atoms with Gasteiger partial charge in [0.25, 0.3) is 5.91 Å². The number of hydrogen-bond acceptors (Lipinski definition) is 2. The van der Waals surface area contributed by atoms with E-state index in [0.29, 0.717) is 10.0 Å². The molecule has 0 atom stereocenters. The minimum absolute atomic E-state index is 0.246. The maximum Gasteiger partial charge on any atom is 0.256 e. The van der Waals surface area contributed by atoms with Crippen molar-refractivity contribution < 1.29 is 9.18 Å². The van der Waals surface area contributed by atoms with E-state index in [1.165, 1.54) is 43.9 Å². The molecule has 2 aromatic carbocycles. The molecule has 1 N–H and O–H groups in total. The topological polar surface area (TPSA) is 32.3 Å². The number of para-hydroxylation sites is 2. The van der Waals surface area contributed by atoms with Gasteiger partial charge in [0.15, 0.2) is 0 Å². The van der Waals surface area contributed by atoms with Crippen molar-refractivity contribution in [1.29, 1.82) is 0 Å². The number of benzene rings is 2. The summed E-state index contributed by atoms with van der Waals surface area (Å²) in [5, 5.41) is 2.97. The SMILES string of the molecule is O=C(Nc1ccccc1N1CCCCCC1)c1ccc(F)cc1Br. The summed E-state index contributed by atoms with van der Waals surface area (Å²) in [6, 6.07) is 11.9. The predicted molar refractivity (Wildman–Crippen MR) is 99.2 cm³/mol. The van der Waals surface area contributed by atoms with E-state index < -0.39 is 0 Å². The third-order valence-electron chi connectivity index (χ3n) is 4.27. The molecule has 1 amide bonds. The first-order valence-corrected chi connectivity index (χ1v) is 9.05. The monoisotopic (exact) mass is 390 g/mol. The Morgan fingerprint density at radius 2 is 1.75 bits per heavy atom. The van der Waals surface area contributed by atoms with Crippen molar-refractivity contribution in [2.45, 2.75) is 25.7 Å². The molecular weight excluding hydrogens is 371 g/mol. The molecular formula is C19H20BrFN2O. The molecule has 1 saturated heterocycles. The lowest BCUT2D eigenvalue weighted by Crippen LogP contribution is -2.25. The fourth-order valence-electron chi connectivity index (χ4n) is 3.03. The van der Waals surface area contributed by atoms with Gasteiger partial charge in [0.1, 0.15) is 5.82 Å². The van der Waals surface area contributed by atoms with Gasteiger partial charge in [-0.3, -0.25) is 4.79 Å². The molecule has 0 aliphatic carbocycles. The number of rotatable bonds is 3. The minimum atomic E-state index is -0.372. The Balaban J connectivity index is 1.83. The average Bonchev–Trinajstić information content (AvgIpc) is 2.84. The second-order valence-electron chi connectivity index (χ2n) is 6.00. The number of nitrogens with zero attached hydrogens (tertiary/aromatic N) is 1. The smallest absolute Gasteiger partial charge is 0.256 e.